The Morgan fingerprint density at radius 3 is 2.12 bits per heavy atom. The molecule has 1 fully saturated rings. The van der Waals surface area contributed by atoms with Crippen molar-refractivity contribution in [3.05, 3.63) is 29.8 Å². The number of benzene rings is 1. The van der Waals surface area contributed by atoms with E-state index in [1.54, 1.807) is 39.8 Å². The van der Waals surface area contributed by atoms with Gasteiger partial charge in [-0.15, -0.1) is 0 Å². The van der Waals surface area contributed by atoms with Crippen LogP contribution in [-0.4, -0.2) is 51.6 Å². The smallest absolute Gasteiger partial charge is 0.408 e. The summed E-state index contributed by atoms with van der Waals surface area (Å²) in [6.45, 7) is 10.5. The number of carbonyl (C=O) groups excluding carboxylic acids is 3. The predicted octanol–water partition coefficient (Wildman–Crippen LogP) is 4.03. The summed E-state index contributed by atoms with van der Waals surface area (Å²) in [5.74, 6) is -0.584. The third kappa shape index (κ3) is 7.94. The van der Waals surface area contributed by atoms with E-state index in [-0.39, 0.29) is 23.7 Å². The van der Waals surface area contributed by atoms with Gasteiger partial charge in [-0.1, -0.05) is 31.4 Å². The summed E-state index contributed by atoms with van der Waals surface area (Å²) in [6, 6.07) is 4.25. The van der Waals surface area contributed by atoms with Gasteiger partial charge >= 0.3 is 6.09 Å². The van der Waals surface area contributed by atoms with Crippen LogP contribution in [0.2, 0.25) is 0 Å². The van der Waals surface area contributed by atoms with E-state index in [4.69, 9.17) is 4.74 Å². The van der Waals surface area contributed by atoms with Crippen LogP contribution in [-0.2, 0) is 14.3 Å². The summed E-state index contributed by atoms with van der Waals surface area (Å²) in [6.07, 6.45) is 4.44. The first kappa shape index (κ1) is 26.5. The number of aromatic hydroxyl groups is 1. The van der Waals surface area contributed by atoms with E-state index in [0.29, 0.717) is 5.56 Å². The van der Waals surface area contributed by atoms with Gasteiger partial charge in [0.05, 0.1) is 0 Å². The number of hydrogen-bond donors (Lipinski definition) is 3. The van der Waals surface area contributed by atoms with E-state index < -0.39 is 29.7 Å². The molecular formula is C25H39N3O5. The summed E-state index contributed by atoms with van der Waals surface area (Å²) in [5, 5.41) is 15.4. The number of alkyl carbamates (subject to hydrolysis) is 1. The van der Waals surface area contributed by atoms with Crippen LogP contribution in [0.1, 0.15) is 85.3 Å². The van der Waals surface area contributed by atoms with Crippen molar-refractivity contribution in [2.45, 2.75) is 103 Å². The molecule has 1 aromatic carbocycles. The molecule has 0 saturated heterocycles. The van der Waals surface area contributed by atoms with Crippen LogP contribution in [0.5, 0.6) is 5.75 Å². The van der Waals surface area contributed by atoms with Gasteiger partial charge in [0, 0.05) is 12.1 Å². The molecule has 1 aromatic rings. The zero-order valence-electron chi connectivity index (χ0n) is 20.7. The molecule has 0 radical (unpaired) electrons. The number of hydrogen-bond acceptors (Lipinski definition) is 5. The maximum absolute atomic E-state index is 13.5. The highest BCUT2D eigenvalue weighted by molar-refractivity contribution is 5.92. The summed E-state index contributed by atoms with van der Waals surface area (Å²) in [5.41, 5.74) is -0.105. The second-order valence-electron chi connectivity index (χ2n) is 10.0. The van der Waals surface area contributed by atoms with Gasteiger partial charge in [-0.2, -0.15) is 0 Å². The highest BCUT2D eigenvalue weighted by atomic mass is 16.6. The van der Waals surface area contributed by atoms with Crippen molar-refractivity contribution in [1.29, 1.82) is 0 Å². The quantitative estimate of drug-likeness (QED) is 0.568. The van der Waals surface area contributed by atoms with Crippen molar-refractivity contribution in [3.8, 4) is 5.75 Å². The van der Waals surface area contributed by atoms with Gasteiger partial charge in [-0.05, 0) is 72.1 Å². The number of carbonyl (C=O) groups is 3. The molecule has 3 N–H and O–H groups in total. The van der Waals surface area contributed by atoms with Gasteiger partial charge in [0.25, 0.3) is 0 Å². The molecule has 0 spiro atoms. The fourth-order valence-corrected chi connectivity index (χ4v) is 4.07. The predicted molar refractivity (Wildman–Crippen MR) is 127 cm³/mol. The average molecular weight is 462 g/mol. The lowest BCUT2D eigenvalue weighted by atomic mass is 9.94. The van der Waals surface area contributed by atoms with E-state index >= 15 is 0 Å². The second kappa shape index (κ2) is 11.4. The lowest BCUT2D eigenvalue weighted by molar-refractivity contribution is -0.144. The normalized spacial score (nSPS) is 16.6. The minimum atomic E-state index is -0.900. The molecule has 184 valence electrons. The Labute approximate surface area is 197 Å². The fourth-order valence-electron chi connectivity index (χ4n) is 4.07. The number of nitrogens with one attached hydrogen (secondary N) is 2. The van der Waals surface area contributed by atoms with Crippen molar-refractivity contribution in [2.75, 3.05) is 0 Å². The van der Waals surface area contributed by atoms with Crippen molar-refractivity contribution in [2.24, 2.45) is 0 Å². The monoisotopic (exact) mass is 461 g/mol. The topological polar surface area (TPSA) is 108 Å². The van der Waals surface area contributed by atoms with E-state index in [1.807, 2.05) is 13.8 Å². The molecule has 2 unspecified atom stereocenters. The van der Waals surface area contributed by atoms with Gasteiger partial charge in [0.1, 0.15) is 23.4 Å². The van der Waals surface area contributed by atoms with Gasteiger partial charge in [-0.25, -0.2) is 4.79 Å². The van der Waals surface area contributed by atoms with Gasteiger partial charge in [0.15, 0.2) is 0 Å². The maximum atomic E-state index is 13.5. The fraction of sp³-hybridized carbons (Fsp3) is 0.640. The molecule has 2 rings (SSSR count). The molecule has 0 heterocycles. The molecule has 1 aliphatic rings. The lowest BCUT2D eigenvalue weighted by Crippen LogP contribution is -2.55. The summed E-state index contributed by atoms with van der Waals surface area (Å²) < 4.78 is 5.28. The standard InChI is InChI=1S/C25H39N3O5/c1-16(2)28(23(31)17(3)26-24(32)33-25(4,5)6)21(18-12-14-20(29)15-13-18)22(30)27-19-10-8-7-9-11-19/h12-17,19,21,29H,7-11H2,1-6H3,(H,26,32)(H,27,30). The first-order valence-electron chi connectivity index (χ1n) is 11.8. The van der Waals surface area contributed by atoms with Crippen LogP contribution < -0.4 is 10.6 Å². The van der Waals surface area contributed by atoms with Crippen LogP contribution in [0.3, 0.4) is 0 Å². The van der Waals surface area contributed by atoms with Gasteiger partial charge < -0.3 is 25.4 Å². The molecule has 3 amide bonds. The number of nitrogens with zero attached hydrogens (tertiary/aromatic N) is 1. The van der Waals surface area contributed by atoms with Gasteiger partial charge in [0.2, 0.25) is 11.8 Å². The van der Waals surface area contributed by atoms with Crippen LogP contribution in [0, 0.1) is 0 Å². The molecule has 0 bridgehead atoms. The molecule has 1 saturated carbocycles. The Hall–Kier alpha value is -2.77. The van der Waals surface area contributed by atoms with Crippen LogP contribution in [0.15, 0.2) is 24.3 Å². The molecule has 2 atom stereocenters. The molecule has 8 nitrogen and oxygen atoms in total. The Bertz CT molecular complexity index is 810. The number of rotatable bonds is 7. The summed E-state index contributed by atoms with van der Waals surface area (Å²) >= 11 is 0. The molecule has 8 heteroatoms. The van der Waals surface area contributed by atoms with Crippen molar-refractivity contribution in [3.63, 3.8) is 0 Å². The van der Waals surface area contributed by atoms with E-state index in [0.717, 1.165) is 32.1 Å². The second-order valence-corrected chi connectivity index (χ2v) is 10.0. The van der Waals surface area contributed by atoms with E-state index in [1.165, 1.54) is 17.0 Å². The lowest BCUT2D eigenvalue weighted by Gasteiger charge is -2.37. The van der Waals surface area contributed by atoms with Crippen molar-refractivity contribution < 1.29 is 24.2 Å². The highest BCUT2D eigenvalue weighted by Gasteiger charge is 2.37. The highest BCUT2D eigenvalue weighted by Crippen LogP contribution is 2.27. The molecule has 0 aromatic heterocycles. The molecule has 0 aliphatic heterocycles. The van der Waals surface area contributed by atoms with Crippen LogP contribution in [0.25, 0.3) is 0 Å². The van der Waals surface area contributed by atoms with Crippen molar-refractivity contribution in [1.82, 2.24) is 15.5 Å². The Balaban J connectivity index is 2.31. The first-order chi connectivity index (χ1) is 15.4. The first-order valence-corrected chi connectivity index (χ1v) is 11.8. The number of ether oxygens (including phenoxy) is 1. The van der Waals surface area contributed by atoms with Crippen molar-refractivity contribution >= 4 is 17.9 Å². The Kier molecular flexibility index (Phi) is 9.14. The molecule has 33 heavy (non-hydrogen) atoms. The number of amides is 3. The third-order valence-electron chi connectivity index (χ3n) is 5.60. The summed E-state index contributed by atoms with van der Waals surface area (Å²) in [7, 11) is 0. The average Bonchev–Trinajstić information content (AvgIpc) is 2.71. The van der Waals surface area contributed by atoms with Gasteiger partial charge in [-0.3, -0.25) is 9.59 Å². The summed E-state index contributed by atoms with van der Waals surface area (Å²) in [4.78, 5) is 40.7. The minimum Gasteiger partial charge on any atom is -0.508 e. The molecule has 1 aliphatic carbocycles. The molecular weight excluding hydrogens is 422 g/mol. The van der Waals surface area contributed by atoms with Crippen LogP contribution in [0.4, 0.5) is 4.79 Å². The minimum absolute atomic E-state index is 0.0762. The van der Waals surface area contributed by atoms with E-state index in [9.17, 15) is 19.5 Å². The third-order valence-corrected chi connectivity index (χ3v) is 5.60. The number of phenolic OH excluding ortho intramolecular Hbond substituents is 1. The zero-order chi connectivity index (χ0) is 24.8. The number of phenols is 1. The largest absolute Gasteiger partial charge is 0.508 e. The van der Waals surface area contributed by atoms with E-state index in [2.05, 4.69) is 10.6 Å². The Morgan fingerprint density at radius 2 is 1.61 bits per heavy atom. The SMILES string of the molecule is CC(NC(=O)OC(C)(C)C)C(=O)N(C(C)C)C(C(=O)NC1CCCCC1)c1ccc(O)cc1. The maximum Gasteiger partial charge on any atom is 0.408 e. The zero-order valence-corrected chi connectivity index (χ0v) is 20.7. The van der Waals surface area contributed by atoms with Crippen LogP contribution >= 0.6 is 0 Å². The Morgan fingerprint density at radius 1 is 1.03 bits per heavy atom.